The topological polar surface area (TPSA) is 0 Å². The van der Waals surface area contributed by atoms with Crippen molar-refractivity contribution in [1.29, 1.82) is 0 Å². The van der Waals surface area contributed by atoms with Crippen LogP contribution in [0.3, 0.4) is 0 Å². The molecular formula is C41H44Cl2Hf-6. The summed E-state index contributed by atoms with van der Waals surface area (Å²) in [5, 5.41) is 5.40. The van der Waals surface area contributed by atoms with E-state index >= 15 is 0 Å². The minimum atomic E-state index is 0. The van der Waals surface area contributed by atoms with Gasteiger partial charge in [-0.05, 0) is 22.0 Å². The molecule has 0 spiro atoms. The van der Waals surface area contributed by atoms with Gasteiger partial charge in [0.15, 0.2) is 0 Å². The van der Waals surface area contributed by atoms with Crippen LogP contribution in [0.2, 0.25) is 0 Å². The van der Waals surface area contributed by atoms with E-state index in [0.717, 1.165) is 6.42 Å². The second-order valence-corrected chi connectivity index (χ2v) is 12.7. The van der Waals surface area contributed by atoms with Crippen molar-refractivity contribution in [2.45, 2.75) is 58.8 Å². The number of halogens is 2. The van der Waals surface area contributed by atoms with Gasteiger partial charge in [-0.15, -0.1) is 69.1 Å². The van der Waals surface area contributed by atoms with Crippen LogP contribution in [0.1, 0.15) is 59.1 Å². The van der Waals surface area contributed by atoms with Gasteiger partial charge in [0, 0.05) is 25.8 Å². The normalized spacial score (nSPS) is 10.7. The Morgan fingerprint density at radius 2 is 0.818 bits per heavy atom. The van der Waals surface area contributed by atoms with Crippen molar-refractivity contribution < 1.29 is 50.7 Å². The first-order chi connectivity index (χ1) is 19.5. The van der Waals surface area contributed by atoms with Gasteiger partial charge >= 0.3 is 0 Å². The average molecular weight is 786 g/mol. The fraction of sp³-hybridized carbons (Fsp3) is 0.220. The molecule has 0 saturated heterocycles. The third-order valence-corrected chi connectivity index (χ3v) is 7.40. The second kappa shape index (κ2) is 17.3. The monoisotopic (exact) mass is 786 g/mol. The molecule has 0 nitrogen and oxygen atoms in total. The minimum Gasteiger partial charge on any atom is -1.00 e. The summed E-state index contributed by atoms with van der Waals surface area (Å²) >= 11 is 0. The molecule has 0 heterocycles. The van der Waals surface area contributed by atoms with Gasteiger partial charge in [0.25, 0.3) is 0 Å². The Kier molecular flexibility index (Phi) is 15.6. The van der Waals surface area contributed by atoms with Crippen molar-refractivity contribution in [3.63, 3.8) is 0 Å². The van der Waals surface area contributed by atoms with E-state index in [9.17, 15) is 0 Å². The van der Waals surface area contributed by atoms with Crippen LogP contribution in [0.15, 0.2) is 121 Å². The summed E-state index contributed by atoms with van der Waals surface area (Å²) in [6, 6.07) is 43.7. The van der Waals surface area contributed by atoms with Crippen molar-refractivity contribution in [2.75, 3.05) is 0 Å². The standard InChI is InChI=1S/2C19H19.C3H6.2ClH.Hf/c2*1-19(2,3)16-12-15-10-7-11-17(18(15)13-16)14-8-5-4-6-9-14;1-3-2;;;/h2*4-13H,1-3H3;1-3H2;2*1H;/q2*-1;-2;;;/p-2. The van der Waals surface area contributed by atoms with Gasteiger partial charge in [-0.3, -0.25) is 0 Å². The first-order valence-corrected chi connectivity index (χ1v) is 14.6. The van der Waals surface area contributed by atoms with Crippen molar-refractivity contribution in [1.82, 2.24) is 0 Å². The van der Waals surface area contributed by atoms with Crippen LogP contribution < -0.4 is 24.8 Å². The maximum absolute atomic E-state index is 3.38. The van der Waals surface area contributed by atoms with E-state index in [1.165, 1.54) is 54.9 Å². The van der Waals surface area contributed by atoms with E-state index < -0.39 is 0 Å². The fourth-order valence-corrected chi connectivity index (χ4v) is 5.07. The maximum atomic E-state index is 3.38. The third-order valence-electron chi connectivity index (χ3n) is 7.40. The molecule has 44 heavy (non-hydrogen) atoms. The van der Waals surface area contributed by atoms with Crippen LogP contribution in [-0.4, -0.2) is 0 Å². The molecule has 0 unspecified atom stereocenters. The van der Waals surface area contributed by atoms with Crippen molar-refractivity contribution in [2.24, 2.45) is 0 Å². The van der Waals surface area contributed by atoms with Crippen LogP contribution in [0.25, 0.3) is 43.8 Å². The van der Waals surface area contributed by atoms with Gasteiger partial charge in [-0.1, -0.05) is 125 Å². The molecule has 0 N–H and O–H groups in total. The molecule has 0 fully saturated rings. The molecule has 0 atom stereocenters. The molecule has 0 aliphatic rings. The fourth-order valence-electron chi connectivity index (χ4n) is 5.07. The van der Waals surface area contributed by atoms with Crippen LogP contribution in [0, 0.1) is 13.8 Å². The molecule has 3 heteroatoms. The first-order valence-electron chi connectivity index (χ1n) is 14.6. The Morgan fingerprint density at radius 3 is 1.11 bits per heavy atom. The predicted molar refractivity (Wildman–Crippen MR) is 183 cm³/mol. The van der Waals surface area contributed by atoms with Gasteiger partial charge in [0.05, 0.1) is 0 Å². The number of fused-ring (bicyclic) bond motifs is 2. The van der Waals surface area contributed by atoms with E-state index in [1.54, 1.807) is 0 Å². The van der Waals surface area contributed by atoms with Gasteiger partial charge in [0.2, 0.25) is 0 Å². The molecule has 0 aliphatic heterocycles. The van der Waals surface area contributed by atoms with Crippen LogP contribution in [0.5, 0.6) is 0 Å². The molecule has 6 aromatic carbocycles. The molecule has 0 amide bonds. The Hall–Kier alpha value is -2.45. The Bertz CT molecular complexity index is 1550. The van der Waals surface area contributed by atoms with Gasteiger partial charge in [-0.25, -0.2) is 0 Å². The number of hydrogen-bond acceptors (Lipinski definition) is 0. The molecule has 0 aromatic heterocycles. The number of hydrogen-bond donors (Lipinski definition) is 0. The van der Waals surface area contributed by atoms with Crippen LogP contribution in [-0.2, 0) is 36.7 Å². The average Bonchev–Trinajstić information content (AvgIpc) is 3.60. The summed E-state index contributed by atoms with van der Waals surface area (Å²) in [6.07, 6.45) is 0.750. The molecule has 6 aromatic rings. The van der Waals surface area contributed by atoms with E-state index in [2.05, 4.69) is 177 Å². The Labute approximate surface area is 297 Å². The van der Waals surface area contributed by atoms with Crippen LogP contribution >= 0.6 is 0 Å². The molecule has 0 aliphatic carbocycles. The molecule has 0 saturated carbocycles. The molecule has 0 bridgehead atoms. The van der Waals surface area contributed by atoms with E-state index in [1.807, 2.05) is 0 Å². The predicted octanol–water partition coefficient (Wildman–Crippen LogP) is 6.10. The summed E-state index contributed by atoms with van der Waals surface area (Å²) in [5.41, 5.74) is 8.46. The zero-order valence-corrected chi connectivity index (χ0v) is 32.0. The molecule has 232 valence electrons. The van der Waals surface area contributed by atoms with E-state index in [4.69, 9.17) is 0 Å². The van der Waals surface area contributed by atoms with Crippen LogP contribution in [0.4, 0.5) is 0 Å². The minimum absolute atomic E-state index is 0. The second-order valence-electron chi connectivity index (χ2n) is 12.7. The largest absolute Gasteiger partial charge is 1.00 e. The van der Waals surface area contributed by atoms with Gasteiger partial charge in [-0.2, -0.15) is 12.1 Å². The summed E-state index contributed by atoms with van der Waals surface area (Å²) < 4.78 is 0. The summed E-state index contributed by atoms with van der Waals surface area (Å²) in [7, 11) is 0. The zero-order valence-electron chi connectivity index (χ0n) is 26.9. The smallest absolute Gasteiger partial charge is 0 e. The van der Waals surface area contributed by atoms with Gasteiger partial charge in [0.1, 0.15) is 0 Å². The van der Waals surface area contributed by atoms with E-state index in [-0.39, 0.29) is 61.5 Å². The van der Waals surface area contributed by atoms with Crippen molar-refractivity contribution >= 4 is 21.5 Å². The van der Waals surface area contributed by atoms with E-state index in [0.29, 0.717) is 0 Å². The zero-order chi connectivity index (χ0) is 29.6. The quantitative estimate of drug-likeness (QED) is 0.147. The molecule has 6 rings (SSSR count). The molecular weight excluding hydrogens is 742 g/mol. The summed E-state index contributed by atoms with van der Waals surface area (Å²) in [4.78, 5) is 0. The Balaban J connectivity index is 0.000000380. The number of benzene rings is 4. The van der Waals surface area contributed by atoms with Crippen molar-refractivity contribution in [3.8, 4) is 22.3 Å². The maximum Gasteiger partial charge on any atom is 0 e. The summed E-state index contributed by atoms with van der Waals surface area (Å²) in [5.74, 6) is 0. The third kappa shape index (κ3) is 9.77. The van der Waals surface area contributed by atoms with Gasteiger partial charge < -0.3 is 45.1 Å². The number of rotatable bonds is 2. The summed E-state index contributed by atoms with van der Waals surface area (Å²) in [6.45, 7) is 20.4. The Morgan fingerprint density at radius 1 is 0.500 bits per heavy atom. The SMILES string of the molecule is CC(C)(C)c1cc2c(-c3ccccc3)cccc2[cH-]1.CC(C)(C)c1cc2c(-c3ccccc3)cccc2[cH-]1.[CH2-]C[CH2-].[Cl-].[Cl-].[Hf]. The molecule has 0 radical (unpaired) electrons. The van der Waals surface area contributed by atoms with Crippen molar-refractivity contribution in [3.05, 3.63) is 146 Å². The first kappa shape index (κ1) is 39.6.